The van der Waals surface area contributed by atoms with E-state index in [4.69, 9.17) is 0 Å². The van der Waals surface area contributed by atoms with E-state index < -0.39 is 10.9 Å². The van der Waals surface area contributed by atoms with Crippen LogP contribution in [0.4, 0.5) is 0 Å². The molecule has 14 heavy (non-hydrogen) atoms. The van der Waals surface area contributed by atoms with Gasteiger partial charge < -0.3 is 4.74 Å². The summed E-state index contributed by atoms with van der Waals surface area (Å²) >= 11 is 1.19. The van der Waals surface area contributed by atoms with Crippen LogP contribution < -0.4 is 0 Å². The van der Waals surface area contributed by atoms with Gasteiger partial charge >= 0.3 is 5.97 Å². The van der Waals surface area contributed by atoms with E-state index in [1.54, 1.807) is 11.4 Å². The summed E-state index contributed by atoms with van der Waals surface area (Å²) in [5, 5.41) is 11.7. The number of rotatable bonds is 3. The lowest BCUT2D eigenvalue weighted by molar-refractivity contribution is -0.400. The Kier molecular flexibility index (Phi) is 3.35. The standard InChI is InChI=1S/C8H7NO4S/c1-13-8(10)7-6(3-5-14-7)2-4-9(11)12/h2-5H,1H3/b4-2+. The Morgan fingerprint density at radius 1 is 1.71 bits per heavy atom. The topological polar surface area (TPSA) is 69.4 Å². The first-order valence-electron chi connectivity index (χ1n) is 3.62. The molecule has 0 aliphatic heterocycles. The van der Waals surface area contributed by atoms with Gasteiger partial charge in [-0.15, -0.1) is 11.3 Å². The van der Waals surface area contributed by atoms with Crippen molar-refractivity contribution in [2.45, 2.75) is 0 Å². The highest BCUT2D eigenvalue weighted by Crippen LogP contribution is 2.19. The van der Waals surface area contributed by atoms with E-state index in [9.17, 15) is 14.9 Å². The predicted molar refractivity (Wildman–Crippen MR) is 51.7 cm³/mol. The maximum Gasteiger partial charge on any atom is 0.348 e. The van der Waals surface area contributed by atoms with Crippen LogP contribution in [0.15, 0.2) is 17.6 Å². The number of esters is 1. The molecule has 0 aliphatic carbocycles. The zero-order valence-corrected chi connectivity index (χ0v) is 8.11. The van der Waals surface area contributed by atoms with Crippen molar-refractivity contribution in [2.24, 2.45) is 0 Å². The molecule has 1 aromatic heterocycles. The Balaban J connectivity index is 2.93. The number of thiophene rings is 1. The third kappa shape index (κ3) is 2.40. The lowest BCUT2D eigenvalue weighted by atomic mass is 10.2. The summed E-state index contributed by atoms with van der Waals surface area (Å²) in [5.74, 6) is -0.483. The summed E-state index contributed by atoms with van der Waals surface area (Å²) in [4.78, 5) is 21.0. The maximum absolute atomic E-state index is 11.1. The summed E-state index contributed by atoms with van der Waals surface area (Å²) in [6, 6.07) is 1.62. The number of nitro groups is 1. The number of hydrogen-bond acceptors (Lipinski definition) is 5. The number of nitrogens with zero attached hydrogens (tertiary/aromatic N) is 1. The molecule has 0 spiro atoms. The molecule has 6 heteroatoms. The van der Waals surface area contributed by atoms with E-state index >= 15 is 0 Å². The van der Waals surface area contributed by atoms with E-state index in [0.717, 1.165) is 6.20 Å². The van der Waals surface area contributed by atoms with E-state index in [1.165, 1.54) is 24.5 Å². The molecule has 1 aromatic rings. The van der Waals surface area contributed by atoms with Crippen molar-refractivity contribution in [2.75, 3.05) is 7.11 Å². The Labute approximate surface area is 83.8 Å². The van der Waals surface area contributed by atoms with Crippen molar-refractivity contribution in [1.82, 2.24) is 0 Å². The highest BCUT2D eigenvalue weighted by Gasteiger charge is 2.11. The molecule has 0 saturated carbocycles. The molecular weight excluding hydrogens is 206 g/mol. The molecule has 0 N–H and O–H groups in total. The van der Waals surface area contributed by atoms with Gasteiger partial charge in [0.15, 0.2) is 0 Å². The van der Waals surface area contributed by atoms with Gasteiger partial charge in [0.25, 0.3) is 0 Å². The maximum atomic E-state index is 11.1. The molecule has 0 aliphatic rings. The monoisotopic (exact) mass is 213 g/mol. The number of methoxy groups -OCH3 is 1. The molecule has 0 atom stereocenters. The highest BCUT2D eigenvalue weighted by molar-refractivity contribution is 7.12. The van der Waals surface area contributed by atoms with Gasteiger partial charge in [-0.3, -0.25) is 10.1 Å². The molecule has 1 rings (SSSR count). The minimum absolute atomic E-state index is 0.366. The third-order valence-electron chi connectivity index (χ3n) is 1.44. The minimum Gasteiger partial charge on any atom is -0.465 e. The van der Waals surface area contributed by atoms with Crippen molar-refractivity contribution in [1.29, 1.82) is 0 Å². The smallest absolute Gasteiger partial charge is 0.348 e. The van der Waals surface area contributed by atoms with E-state index in [0.29, 0.717) is 10.4 Å². The second kappa shape index (κ2) is 4.52. The minimum atomic E-state index is -0.585. The fourth-order valence-electron chi connectivity index (χ4n) is 0.850. The number of ether oxygens (including phenoxy) is 1. The van der Waals surface area contributed by atoms with Crippen molar-refractivity contribution >= 4 is 23.4 Å². The summed E-state index contributed by atoms with van der Waals surface area (Å²) < 4.78 is 4.51. The van der Waals surface area contributed by atoms with Gasteiger partial charge in [0, 0.05) is 11.6 Å². The molecule has 1 heterocycles. The van der Waals surface area contributed by atoms with Gasteiger partial charge in [-0.2, -0.15) is 0 Å². The van der Waals surface area contributed by atoms with Gasteiger partial charge in [-0.05, 0) is 11.4 Å². The summed E-state index contributed by atoms with van der Waals surface area (Å²) in [6.45, 7) is 0. The highest BCUT2D eigenvalue weighted by atomic mass is 32.1. The first-order valence-corrected chi connectivity index (χ1v) is 4.50. The van der Waals surface area contributed by atoms with Crippen LogP contribution in [0, 0.1) is 10.1 Å². The molecule has 0 amide bonds. The molecule has 0 unspecified atom stereocenters. The first kappa shape index (κ1) is 10.4. The van der Waals surface area contributed by atoms with Crippen LogP contribution >= 0.6 is 11.3 Å². The number of hydrogen-bond donors (Lipinski definition) is 0. The summed E-state index contributed by atoms with van der Waals surface area (Å²) in [7, 11) is 1.27. The zero-order chi connectivity index (χ0) is 10.6. The quantitative estimate of drug-likeness (QED) is 0.436. The lowest BCUT2D eigenvalue weighted by Gasteiger charge is -1.95. The van der Waals surface area contributed by atoms with Crippen LogP contribution in [-0.4, -0.2) is 18.0 Å². The Hall–Kier alpha value is -1.69. The van der Waals surface area contributed by atoms with Gasteiger partial charge in [-0.25, -0.2) is 4.79 Å². The Bertz CT molecular complexity index is 382. The average Bonchev–Trinajstić information content (AvgIpc) is 2.61. The van der Waals surface area contributed by atoms with Crippen LogP contribution in [0.1, 0.15) is 15.2 Å². The lowest BCUT2D eigenvalue weighted by Crippen LogP contribution is -1.99. The molecule has 0 saturated heterocycles. The van der Waals surface area contributed by atoms with Gasteiger partial charge in [0.2, 0.25) is 6.20 Å². The first-order chi connectivity index (χ1) is 6.65. The molecular formula is C8H7NO4S. The summed E-state index contributed by atoms with van der Waals surface area (Å²) in [6.07, 6.45) is 2.05. The van der Waals surface area contributed by atoms with Crippen molar-refractivity contribution in [3.05, 3.63) is 38.2 Å². The van der Waals surface area contributed by atoms with Crippen LogP contribution in [-0.2, 0) is 4.74 Å². The van der Waals surface area contributed by atoms with Crippen molar-refractivity contribution in [3.63, 3.8) is 0 Å². The third-order valence-corrected chi connectivity index (χ3v) is 2.35. The normalized spacial score (nSPS) is 10.4. The molecule has 74 valence electrons. The molecule has 5 nitrogen and oxygen atoms in total. The molecule has 0 aromatic carbocycles. The second-order valence-electron chi connectivity index (χ2n) is 2.30. The predicted octanol–water partition coefficient (Wildman–Crippen LogP) is 1.78. The van der Waals surface area contributed by atoms with E-state index in [-0.39, 0.29) is 0 Å². The van der Waals surface area contributed by atoms with Crippen LogP contribution in [0.2, 0.25) is 0 Å². The Morgan fingerprint density at radius 2 is 2.43 bits per heavy atom. The van der Waals surface area contributed by atoms with Crippen molar-refractivity contribution in [3.8, 4) is 0 Å². The second-order valence-corrected chi connectivity index (χ2v) is 3.21. The Morgan fingerprint density at radius 3 is 3.00 bits per heavy atom. The van der Waals surface area contributed by atoms with Gasteiger partial charge in [-0.1, -0.05) is 0 Å². The molecule has 0 bridgehead atoms. The molecule has 0 fully saturated rings. The SMILES string of the molecule is COC(=O)c1sccc1/C=C/[N+](=O)[O-]. The summed E-state index contributed by atoms with van der Waals surface area (Å²) in [5.41, 5.74) is 0.499. The molecule has 0 radical (unpaired) electrons. The van der Waals surface area contributed by atoms with E-state index in [2.05, 4.69) is 4.74 Å². The van der Waals surface area contributed by atoms with Crippen LogP contribution in [0.5, 0.6) is 0 Å². The van der Waals surface area contributed by atoms with Crippen molar-refractivity contribution < 1.29 is 14.5 Å². The fraction of sp³-hybridized carbons (Fsp3) is 0.125. The number of carbonyl (C=O) groups is 1. The number of carbonyl (C=O) groups excluding carboxylic acids is 1. The zero-order valence-electron chi connectivity index (χ0n) is 7.30. The largest absolute Gasteiger partial charge is 0.465 e. The van der Waals surface area contributed by atoms with Crippen LogP contribution in [0.25, 0.3) is 6.08 Å². The van der Waals surface area contributed by atoms with Gasteiger partial charge in [0.1, 0.15) is 4.88 Å². The van der Waals surface area contributed by atoms with Gasteiger partial charge in [0.05, 0.1) is 12.0 Å². The van der Waals surface area contributed by atoms with Crippen LogP contribution in [0.3, 0.4) is 0 Å². The average molecular weight is 213 g/mol. The van der Waals surface area contributed by atoms with E-state index in [1.807, 2.05) is 0 Å². The fourth-order valence-corrected chi connectivity index (χ4v) is 1.65.